The number of hydrogen-bond donors (Lipinski definition) is 2. The maximum Gasteiger partial charge on any atom is 0.327 e. The molecule has 0 rings (SSSR count). The average Bonchev–Trinajstić information content (AvgIpc) is 2.20. The highest BCUT2D eigenvalue weighted by Gasteiger charge is 2.30. The first-order chi connectivity index (χ1) is 6.24. The van der Waals surface area contributed by atoms with Crippen molar-refractivity contribution in [1.29, 1.82) is 0 Å². The topological polar surface area (TPSA) is 93.1 Å². The average molecular weight is 228 g/mol. The van der Waals surface area contributed by atoms with E-state index in [1.807, 2.05) is 0 Å². The molecule has 0 atom stereocenters. The Morgan fingerprint density at radius 3 is 1.62 bits per heavy atom. The van der Waals surface area contributed by atoms with Crippen molar-refractivity contribution >= 4 is 17.4 Å². The molecule has 0 aliphatic rings. The van der Waals surface area contributed by atoms with Crippen LogP contribution in [0.25, 0.3) is 0 Å². The van der Waals surface area contributed by atoms with Crippen LogP contribution >= 0.6 is 17.4 Å². The summed E-state index contributed by atoms with van der Waals surface area (Å²) in [7, 11) is -1.08. The van der Waals surface area contributed by atoms with Gasteiger partial charge in [0.25, 0.3) is 0 Å². The molecule has 0 radical (unpaired) electrons. The fourth-order valence-corrected chi connectivity index (χ4v) is 1.25. The van der Waals surface area contributed by atoms with Gasteiger partial charge in [0.15, 0.2) is 0 Å². The highest BCUT2D eigenvalue weighted by atomic mass is 31.1. The zero-order valence-electron chi connectivity index (χ0n) is 6.75. The summed E-state index contributed by atoms with van der Waals surface area (Å²) < 4.78 is 28.9. The van der Waals surface area contributed by atoms with Crippen LogP contribution in [0.15, 0.2) is 0 Å². The van der Waals surface area contributed by atoms with Gasteiger partial charge < -0.3 is 10.2 Å². The first-order valence-electron chi connectivity index (χ1n) is 3.35. The van der Waals surface area contributed by atoms with Crippen molar-refractivity contribution in [1.82, 2.24) is 0 Å². The summed E-state index contributed by atoms with van der Waals surface area (Å²) in [6, 6.07) is 0. The zero-order valence-corrected chi connectivity index (χ0v) is 8.54. The molecular formula is C5H10O6P2. The van der Waals surface area contributed by atoms with Crippen LogP contribution in [0.4, 0.5) is 0 Å². The van der Waals surface area contributed by atoms with Crippen LogP contribution in [-0.2, 0) is 18.2 Å². The monoisotopic (exact) mass is 228 g/mol. The van der Waals surface area contributed by atoms with Crippen molar-refractivity contribution in [3.63, 3.8) is 0 Å². The smallest absolute Gasteiger partial charge is 0.327 e. The van der Waals surface area contributed by atoms with Crippen molar-refractivity contribution in [3.8, 4) is 0 Å². The number of aliphatic hydroxyl groups excluding tert-OH is 2. The van der Waals surface area contributed by atoms with Gasteiger partial charge in [-0.1, -0.05) is 0 Å². The summed E-state index contributed by atoms with van der Waals surface area (Å²) in [5.74, 6) is 0. The van der Waals surface area contributed by atoms with E-state index in [9.17, 15) is 9.13 Å². The molecule has 0 saturated heterocycles. The maximum atomic E-state index is 9.96. The van der Waals surface area contributed by atoms with E-state index in [-0.39, 0.29) is 13.2 Å². The Labute approximate surface area is 78.4 Å². The molecule has 0 saturated carbocycles. The van der Waals surface area contributed by atoms with Crippen LogP contribution in [0.2, 0.25) is 0 Å². The Morgan fingerprint density at radius 2 is 1.38 bits per heavy atom. The molecule has 0 bridgehead atoms. The molecule has 13 heavy (non-hydrogen) atoms. The largest absolute Gasteiger partial charge is 0.396 e. The van der Waals surface area contributed by atoms with Gasteiger partial charge >= 0.3 is 17.4 Å². The van der Waals surface area contributed by atoms with E-state index in [0.29, 0.717) is 0 Å². The Balaban J connectivity index is 4.11. The number of rotatable bonds is 8. The van der Waals surface area contributed by atoms with Gasteiger partial charge in [-0.25, -0.2) is 9.13 Å². The molecule has 0 amide bonds. The lowest BCUT2D eigenvalue weighted by Gasteiger charge is -2.25. The van der Waals surface area contributed by atoms with Gasteiger partial charge in [-0.15, -0.1) is 0 Å². The number of aliphatic hydroxyl groups is 2. The third kappa shape index (κ3) is 4.72. The van der Waals surface area contributed by atoms with Gasteiger partial charge in [0, 0.05) is 0 Å². The van der Waals surface area contributed by atoms with Crippen LogP contribution in [0, 0.1) is 5.41 Å². The lowest BCUT2D eigenvalue weighted by molar-refractivity contribution is -0.0126. The van der Waals surface area contributed by atoms with E-state index in [1.165, 1.54) is 0 Å². The van der Waals surface area contributed by atoms with E-state index in [4.69, 9.17) is 10.2 Å². The standard InChI is InChI=1S/C5H10O6P2/c6-1-5(2-7,3-10-12-8)4-11-13-9/h6-7H,1-4H2. The molecule has 6 nitrogen and oxygen atoms in total. The second-order valence-electron chi connectivity index (χ2n) is 2.51. The first-order valence-corrected chi connectivity index (χ1v) is 4.81. The minimum absolute atomic E-state index is 0.138. The second-order valence-corrected chi connectivity index (χ2v) is 3.33. The molecule has 2 N–H and O–H groups in total. The molecule has 0 aromatic heterocycles. The molecule has 0 aliphatic heterocycles. The van der Waals surface area contributed by atoms with Crippen molar-refractivity contribution in [3.05, 3.63) is 0 Å². The highest BCUT2D eigenvalue weighted by molar-refractivity contribution is 7.17. The van der Waals surface area contributed by atoms with Crippen LogP contribution < -0.4 is 0 Å². The molecule has 0 fully saturated rings. The summed E-state index contributed by atoms with van der Waals surface area (Å²) >= 11 is 0. The predicted octanol–water partition coefficient (Wildman–Crippen LogP) is 0.404. The van der Waals surface area contributed by atoms with E-state index in [2.05, 4.69) is 9.05 Å². The molecule has 0 aromatic carbocycles. The van der Waals surface area contributed by atoms with Crippen LogP contribution in [-0.4, -0.2) is 36.6 Å². The summed E-state index contributed by atoms with van der Waals surface area (Å²) in [6.07, 6.45) is 0. The predicted molar refractivity (Wildman–Crippen MR) is 43.7 cm³/mol. The molecule has 8 heteroatoms. The van der Waals surface area contributed by atoms with Crippen LogP contribution in [0.5, 0.6) is 0 Å². The van der Waals surface area contributed by atoms with Gasteiger partial charge in [-0.3, -0.25) is 9.05 Å². The van der Waals surface area contributed by atoms with Gasteiger partial charge in [0.1, 0.15) is 0 Å². The Hall–Kier alpha value is 0.0400. The Bertz CT molecular complexity index is 145. The minimum atomic E-state index is -1.06. The molecule has 0 spiro atoms. The van der Waals surface area contributed by atoms with E-state index >= 15 is 0 Å². The lowest BCUT2D eigenvalue weighted by Crippen LogP contribution is -2.38. The highest BCUT2D eigenvalue weighted by Crippen LogP contribution is 2.20. The molecule has 0 aromatic rings. The molecular weight excluding hydrogens is 218 g/mol. The molecule has 0 unspecified atom stereocenters. The fraction of sp³-hybridized carbons (Fsp3) is 1.00. The Morgan fingerprint density at radius 1 is 1.00 bits per heavy atom. The first kappa shape index (κ1) is 13.0. The van der Waals surface area contributed by atoms with Crippen molar-refractivity contribution in [2.24, 2.45) is 5.41 Å². The van der Waals surface area contributed by atoms with E-state index in [0.717, 1.165) is 0 Å². The third-order valence-corrected chi connectivity index (χ3v) is 1.99. The normalized spacial score (nSPS) is 12.5. The zero-order chi connectivity index (χ0) is 10.2. The van der Waals surface area contributed by atoms with Crippen molar-refractivity contribution in [2.45, 2.75) is 0 Å². The summed E-state index contributed by atoms with van der Waals surface area (Å²) in [5.41, 5.74) is -1.06. The lowest BCUT2D eigenvalue weighted by atomic mass is 9.93. The quantitative estimate of drug-likeness (QED) is 0.584. The van der Waals surface area contributed by atoms with Gasteiger partial charge in [0.05, 0.1) is 31.8 Å². The fourth-order valence-electron chi connectivity index (χ4n) is 0.601. The van der Waals surface area contributed by atoms with Crippen LogP contribution in [0.1, 0.15) is 0 Å². The molecule has 76 valence electrons. The van der Waals surface area contributed by atoms with Gasteiger partial charge in [-0.2, -0.15) is 0 Å². The third-order valence-electron chi connectivity index (χ3n) is 1.52. The van der Waals surface area contributed by atoms with Crippen molar-refractivity contribution in [2.75, 3.05) is 26.4 Å². The van der Waals surface area contributed by atoms with Crippen LogP contribution in [0.3, 0.4) is 0 Å². The maximum absolute atomic E-state index is 9.96. The van der Waals surface area contributed by atoms with Gasteiger partial charge in [-0.05, 0) is 0 Å². The SMILES string of the molecule is O=POCC(CO)(CO)COP=O. The summed E-state index contributed by atoms with van der Waals surface area (Å²) in [5, 5.41) is 17.8. The number of hydrogen-bond acceptors (Lipinski definition) is 6. The Kier molecular flexibility index (Phi) is 7.47. The minimum Gasteiger partial charge on any atom is -0.396 e. The van der Waals surface area contributed by atoms with Crippen molar-refractivity contribution < 1.29 is 28.4 Å². The molecule has 0 heterocycles. The summed E-state index contributed by atoms with van der Waals surface area (Å²) in [4.78, 5) is 0. The summed E-state index contributed by atoms with van der Waals surface area (Å²) in [6.45, 7) is -1.09. The van der Waals surface area contributed by atoms with Gasteiger partial charge in [0.2, 0.25) is 0 Å². The van der Waals surface area contributed by atoms with E-state index < -0.39 is 36.0 Å². The van der Waals surface area contributed by atoms with E-state index in [1.54, 1.807) is 0 Å². The second kappa shape index (κ2) is 7.44. The molecule has 0 aliphatic carbocycles.